The van der Waals surface area contributed by atoms with Crippen LogP contribution in [0.25, 0.3) is 0 Å². The summed E-state index contributed by atoms with van der Waals surface area (Å²) in [5, 5.41) is 3.81. The minimum Gasteiger partial charge on any atom is -0.496 e. The Morgan fingerprint density at radius 3 is 2.22 bits per heavy atom. The summed E-state index contributed by atoms with van der Waals surface area (Å²) in [6.07, 6.45) is 1.86. The zero-order valence-corrected chi connectivity index (χ0v) is 17.1. The summed E-state index contributed by atoms with van der Waals surface area (Å²) < 4.78 is 16.1. The highest BCUT2D eigenvalue weighted by Crippen LogP contribution is 2.44. The second-order valence-corrected chi connectivity index (χ2v) is 6.54. The van der Waals surface area contributed by atoms with Crippen molar-refractivity contribution in [2.75, 3.05) is 26.6 Å². The number of thioether (sulfide) groups is 1. The van der Waals surface area contributed by atoms with E-state index in [1.807, 2.05) is 24.5 Å². The Hall–Kier alpha value is -2.41. The van der Waals surface area contributed by atoms with Gasteiger partial charge in [-0.3, -0.25) is 0 Å². The fourth-order valence-corrected chi connectivity index (χ4v) is 3.75. The minimum atomic E-state index is -0.650. The Labute approximate surface area is 163 Å². The molecule has 0 fully saturated rings. The number of benzene rings is 1. The van der Waals surface area contributed by atoms with Crippen LogP contribution in [-0.2, 0) is 19.1 Å². The van der Waals surface area contributed by atoms with Gasteiger partial charge >= 0.3 is 11.9 Å². The molecule has 1 aliphatic heterocycles. The van der Waals surface area contributed by atoms with Crippen molar-refractivity contribution < 1.29 is 23.8 Å². The van der Waals surface area contributed by atoms with E-state index in [1.165, 1.54) is 11.8 Å². The Balaban J connectivity index is 2.74. The van der Waals surface area contributed by atoms with E-state index in [0.717, 1.165) is 0 Å². The van der Waals surface area contributed by atoms with Crippen LogP contribution < -0.4 is 10.1 Å². The second kappa shape index (κ2) is 9.50. The van der Waals surface area contributed by atoms with E-state index >= 15 is 0 Å². The zero-order chi connectivity index (χ0) is 20.0. The number of carbonyl (C=O) groups is 2. The van der Waals surface area contributed by atoms with Gasteiger partial charge in [-0.25, -0.2) is 9.59 Å². The maximum atomic E-state index is 12.8. The lowest BCUT2D eigenvalue weighted by Gasteiger charge is -2.31. The molecule has 146 valence electrons. The Kier molecular flexibility index (Phi) is 7.36. The molecular formula is C20H25NO5S. The summed E-state index contributed by atoms with van der Waals surface area (Å²) in [6, 6.07) is 7.34. The summed E-state index contributed by atoms with van der Waals surface area (Å²) in [4.78, 5) is 25.6. The fraction of sp³-hybridized carbons (Fsp3) is 0.400. The lowest BCUT2D eigenvalue weighted by Crippen LogP contribution is -2.32. The molecule has 0 saturated carbocycles. The van der Waals surface area contributed by atoms with Crippen molar-refractivity contribution in [2.45, 2.75) is 26.7 Å². The largest absolute Gasteiger partial charge is 0.496 e. The molecule has 27 heavy (non-hydrogen) atoms. The maximum Gasteiger partial charge on any atom is 0.337 e. The summed E-state index contributed by atoms with van der Waals surface area (Å²) in [5.74, 6) is -1.01. The van der Waals surface area contributed by atoms with Crippen molar-refractivity contribution in [1.29, 1.82) is 0 Å². The van der Waals surface area contributed by atoms with Gasteiger partial charge < -0.3 is 19.5 Å². The predicted octanol–water partition coefficient (Wildman–Crippen LogP) is 3.36. The minimum absolute atomic E-state index is 0.236. The number of rotatable bonds is 7. The van der Waals surface area contributed by atoms with Crippen LogP contribution in [0.15, 0.2) is 46.1 Å². The highest BCUT2D eigenvalue weighted by Gasteiger charge is 2.40. The molecule has 7 heteroatoms. The van der Waals surface area contributed by atoms with Gasteiger partial charge in [0, 0.05) is 11.3 Å². The van der Waals surface area contributed by atoms with E-state index in [9.17, 15) is 9.59 Å². The van der Waals surface area contributed by atoms with E-state index in [1.54, 1.807) is 33.9 Å². The molecule has 1 N–H and O–H groups in total. The Morgan fingerprint density at radius 2 is 1.67 bits per heavy atom. The van der Waals surface area contributed by atoms with Crippen LogP contribution in [0.3, 0.4) is 0 Å². The summed E-state index contributed by atoms with van der Waals surface area (Å²) in [7, 11) is 1.56. The Morgan fingerprint density at radius 1 is 1.07 bits per heavy atom. The first-order valence-corrected chi connectivity index (χ1v) is 9.95. The monoisotopic (exact) mass is 391 g/mol. The number of carbonyl (C=O) groups excluding carboxylic acids is 2. The highest BCUT2D eigenvalue weighted by atomic mass is 32.2. The molecule has 1 aromatic rings. The molecule has 0 saturated heterocycles. The van der Waals surface area contributed by atoms with Gasteiger partial charge in [0.2, 0.25) is 0 Å². The number of hydrogen-bond acceptors (Lipinski definition) is 7. The average molecular weight is 391 g/mol. The molecule has 0 bridgehead atoms. The molecular weight excluding hydrogens is 366 g/mol. The third-order valence-corrected chi connectivity index (χ3v) is 4.90. The average Bonchev–Trinajstić information content (AvgIpc) is 2.67. The Bertz CT molecular complexity index is 784. The normalized spacial score (nSPS) is 16.7. The van der Waals surface area contributed by atoms with E-state index < -0.39 is 17.9 Å². The number of hydrogen-bond donors (Lipinski definition) is 1. The van der Waals surface area contributed by atoms with Gasteiger partial charge in [-0.15, -0.1) is 11.8 Å². The van der Waals surface area contributed by atoms with Gasteiger partial charge in [0.25, 0.3) is 0 Å². The second-order valence-electron chi connectivity index (χ2n) is 5.73. The quantitative estimate of drug-likeness (QED) is 0.715. The fourth-order valence-electron chi connectivity index (χ4n) is 3.07. The third kappa shape index (κ3) is 4.30. The lowest BCUT2D eigenvalue weighted by molar-refractivity contribution is -0.139. The van der Waals surface area contributed by atoms with Crippen molar-refractivity contribution in [3.8, 4) is 5.75 Å². The summed E-state index contributed by atoms with van der Waals surface area (Å²) in [5.41, 5.74) is 2.10. The van der Waals surface area contributed by atoms with Crippen LogP contribution in [0.1, 0.15) is 32.3 Å². The first-order chi connectivity index (χ1) is 13.0. The topological polar surface area (TPSA) is 73.9 Å². The number of methoxy groups -OCH3 is 1. The van der Waals surface area contributed by atoms with E-state index in [2.05, 4.69) is 5.32 Å². The van der Waals surface area contributed by atoms with Crippen LogP contribution in [0.5, 0.6) is 5.75 Å². The van der Waals surface area contributed by atoms with Gasteiger partial charge in [-0.1, -0.05) is 18.2 Å². The van der Waals surface area contributed by atoms with Crippen LogP contribution in [0.2, 0.25) is 0 Å². The predicted molar refractivity (Wildman–Crippen MR) is 105 cm³/mol. The standard InChI is InChI=1S/C20H25NO5S/c1-6-25-19(22)15-12(3)21-18(27-5)17(20(23)26-7-2)16(15)13-10-8-9-11-14(13)24-4/h8-11,16,21H,6-7H2,1-5H3. The third-order valence-electron chi connectivity index (χ3n) is 4.17. The van der Waals surface area contributed by atoms with Gasteiger partial charge in [0.15, 0.2) is 0 Å². The molecule has 2 rings (SSSR count). The van der Waals surface area contributed by atoms with Gasteiger partial charge in [-0.2, -0.15) is 0 Å². The first-order valence-electron chi connectivity index (χ1n) is 8.73. The summed E-state index contributed by atoms with van der Waals surface area (Å²) >= 11 is 1.39. The highest BCUT2D eigenvalue weighted by molar-refractivity contribution is 8.02. The van der Waals surface area contributed by atoms with E-state index in [0.29, 0.717) is 33.2 Å². The van der Waals surface area contributed by atoms with Crippen LogP contribution in [0.4, 0.5) is 0 Å². The molecule has 1 heterocycles. The van der Waals surface area contributed by atoms with Gasteiger partial charge in [0.05, 0.1) is 42.4 Å². The van der Waals surface area contributed by atoms with Crippen molar-refractivity contribution in [1.82, 2.24) is 5.32 Å². The molecule has 0 aliphatic carbocycles. The molecule has 1 atom stereocenters. The molecule has 6 nitrogen and oxygen atoms in total. The van der Waals surface area contributed by atoms with E-state index in [4.69, 9.17) is 14.2 Å². The van der Waals surface area contributed by atoms with Crippen molar-refractivity contribution in [3.05, 3.63) is 51.7 Å². The number of ether oxygens (including phenoxy) is 3. The zero-order valence-electron chi connectivity index (χ0n) is 16.3. The number of para-hydroxylation sites is 1. The van der Waals surface area contributed by atoms with Crippen LogP contribution in [0, 0.1) is 0 Å². The van der Waals surface area contributed by atoms with Crippen LogP contribution in [-0.4, -0.2) is 38.5 Å². The SMILES string of the molecule is CCOC(=O)C1=C(C)NC(SC)=C(C(=O)OCC)C1c1ccccc1OC. The molecule has 0 radical (unpaired) electrons. The van der Waals surface area contributed by atoms with Crippen LogP contribution >= 0.6 is 11.8 Å². The van der Waals surface area contributed by atoms with Crippen molar-refractivity contribution in [2.24, 2.45) is 0 Å². The van der Waals surface area contributed by atoms with Crippen molar-refractivity contribution in [3.63, 3.8) is 0 Å². The molecule has 0 spiro atoms. The molecule has 1 aliphatic rings. The smallest absolute Gasteiger partial charge is 0.337 e. The van der Waals surface area contributed by atoms with Crippen molar-refractivity contribution >= 4 is 23.7 Å². The van der Waals surface area contributed by atoms with Gasteiger partial charge in [0.1, 0.15) is 5.75 Å². The maximum absolute atomic E-state index is 12.8. The van der Waals surface area contributed by atoms with Gasteiger partial charge in [-0.05, 0) is 33.1 Å². The first kappa shape index (κ1) is 20.9. The molecule has 0 amide bonds. The molecule has 1 unspecified atom stereocenters. The van der Waals surface area contributed by atoms with E-state index in [-0.39, 0.29) is 13.2 Å². The number of allylic oxidation sites excluding steroid dienone is 1. The number of esters is 2. The summed E-state index contributed by atoms with van der Waals surface area (Å²) in [6.45, 7) is 5.77. The number of nitrogens with one attached hydrogen (secondary N) is 1. The number of dihydropyridines is 1. The molecule has 0 aromatic heterocycles. The lowest BCUT2D eigenvalue weighted by atomic mass is 9.81. The molecule has 1 aromatic carbocycles.